The molecule has 1 aliphatic rings. The van der Waals surface area contributed by atoms with E-state index in [4.69, 9.17) is 4.74 Å². The summed E-state index contributed by atoms with van der Waals surface area (Å²) in [5.41, 5.74) is 1.59. The molecule has 3 rings (SSSR count). The first-order valence-electron chi connectivity index (χ1n) is 8.87. The average molecular weight is 368 g/mol. The molecule has 0 aliphatic heterocycles. The molecule has 1 saturated carbocycles. The zero-order valence-electron chi connectivity index (χ0n) is 15.2. The van der Waals surface area contributed by atoms with Crippen molar-refractivity contribution in [1.82, 2.24) is 0 Å². The van der Waals surface area contributed by atoms with Gasteiger partial charge < -0.3 is 4.74 Å². The van der Waals surface area contributed by atoms with Gasteiger partial charge in [0.25, 0.3) is 0 Å². The largest absolute Gasteiger partial charge is 0.460 e. The monoisotopic (exact) mass is 368 g/mol. The van der Waals surface area contributed by atoms with Gasteiger partial charge in [0.1, 0.15) is 12.0 Å². The van der Waals surface area contributed by atoms with Crippen molar-refractivity contribution in [2.75, 3.05) is 12.0 Å². The number of esters is 1. The van der Waals surface area contributed by atoms with E-state index >= 15 is 0 Å². The third-order valence-electron chi connectivity index (χ3n) is 5.03. The molecule has 0 amide bonds. The highest BCUT2D eigenvalue weighted by Gasteiger charge is 2.56. The topological polar surface area (TPSA) is 43.4 Å². The first-order valence-corrected chi connectivity index (χ1v) is 10.3. The van der Waals surface area contributed by atoms with Gasteiger partial charge in [0.05, 0.1) is 0 Å². The molecule has 26 heavy (non-hydrogen) atoms. The van der Waals surface area contributed by atoms with Crippen molar-refractivity contribution in [1.29, 1.82) is 0 Å². The van der Waals surface area contributed by atoms with E-state index in [2.05, 4.69) is 6.26 Å². The van der Waals surface area contributed by atoms with E-state index in [1.54, 1.807) is 11.8 Å². The van der Waals surface area contributed by atoms with Gasteiger partial charge in [-0.1, -0.05) is 60.2 Å². The molecule has 0 radical (unpaired) electrons. The lowest BCUT2D eigenvalue weighted by Gasteiger charge is -2.44. The van der Waals surface area contributed by atoms with Gasteiger partial charge in [-0.15, -0.1) is 0 Å². The van der Waals surface area contributed by atoms with E-state index in [-0.39, 0.29) is 18.4 Å². The summed E-state index contributed by atoms with van der Waals surface area (Å²) >= 11 is 1.75. The van der Waals surface area contributed by atoms with Crippen molar-refractivity contribution in [3.05, 3.63) is 71.3 Å². The minimum atomic E-state index is -1.02. The summed E-state index contributed by atoms with van der Waals surface area (Å²) < 4.78 is 5.56. The highest BCUT2D eigenvalue weighted by Crippen LogP contribution is 2.50. The second-order valence-electron chi connectivity index (χ2n) is 7.07. The van der Waals surface area contributed by atoms with Crippen LogP contribution in [0.5, 0.6) is 0 Å². The molecule has 1 fully saturated rings. The van der Waals surface area contributed by atoms with E-state index in [0.717, 1.165) is 16.9 Å². The summed E-state index contributed by atoms with van der Waals surface area (Å²) in [4.78, 5) is 26.1. The highest BCUT2D eigenvalue weighted by molar-refractivity contribution is 7.98. The fraction of sp³-hybridized carbons (Fsp3) is 0.364. The molecule has 2 aromatic carbocycles. The molecule has 0 unspecified atom stereocenters. The third kappa shape index (κ3) is 3.85. The maximum absolute atomic E-state index is 13.2. The Morgan fingerprint density at radius 3 is 2.35 bits per heavy atom. The van der Waals surface area contributed by atoms with E-state index < -0.39 is 5.41 Å². The molecule has 4 heteroatoms. The van der Waals surface area contributed by atoms with Crippen molar-refractivity contribution in [3.63, 3.8) is 0 Å². The van der Waals surface area contributed by atoms with Gasteiger partial charge in [-0.3, -0.25) is 9.59 Å². The predicted octanol–water partition coefficient (Wildman–Crippen LogP) is 4.68. The number of Topliss-reactive ketones (excluding diaryl/α,β-unsaturated/α-hetero) is 1. The SMILES string of the molecule is CSCC1CC(C(=O)OCc2ccccc2)(C(=O)c2ccc(C)cc2)C1. The Morgan fingerprint density at radius 1 is 1.08 bits per heavy atom. The van der Waals surface area contributed by atoms with Gasteiger partial charge in [0.15, 0.2) is 5.78 Å². The maximum Gasteiger partial charge on any atom is 0.320 e. The molecule has 136 valence electrons. The quantitative estimate of drug-likeness (QED) is 0.404. The number of ketones is 1. The lowest BCUT2D eigenvalue weighted by Crippen LogP contribution is -2.51. The smallest absolute Gasteiger partial charge is 0.320 e. The standard InChI is InChI=1S/C22H24O3S/c1-16-8-10-19(11-9-16)20(23)22(12-18(13-22)15-26-2)21(24)25-14-17-6-4-3-5-7-17/h3-11,18H,12-15H2,1-2H3. The summed E-state index contributed by atoms with van der Waals surface area (Å²) in [6.45, 7) is 2.19. The van der Waals surface area contributed by atoms with Gasteiger partial charge in [0.2, 0.25) is 0 Å². The Balaban J connectivity index is 1.76. The molecule has 0 atom stereocenters. The molecule has 0 heterocycles. The fourth-order valence-corrected chi connectivity index (χ4v) is 4.27. The Kier molecular flexibility index (Phi) is 5.82. The van der Waals surface area contributed by atoms with Crippen LogP contribution in [0, 0.1) is 18.3 Å². The Hall–Kier alpha value is -2.07. The number of benzene rings is 2. The molecular formula is C22H24O3S. The number of carbonyl (C=O) groups is 2. The molecule has 0 bridgehead atoms. The van der Waals surface area contributed by atoms with Crippen LogP contribution in [0.1, 0.15) is 34.3 Å². The molecule has 0 spiro atoms. The number of hydrogen-bond donors (Lipinski definition) is 0. The zero-order chi connectivity index (χ0) is 18.6. The van der Waals surface area contributed by atoms with Crippen LogP contribution in [0.4, 0.5) is 0 Å². The molecular weight excluding hydrogens is 344 g/mol. The van der Waals surface area contributed by atoms with Crippen molar-refractivity contribution in [3.8, 4) is 0 Å². The maximum atomic E-state index is 13.2. The van der Waals surface area contributed by atoms with Crippen LogP contribution in [-0.4, -0.2) is 23.8 Å². The first kappa shape index (κ1) is 18.7. The molecule has 0 saturated heterocycles. The fourth-order valence-electron chi connectivity index (χ4n) is 3.57. The Bertz CT molecular complexity index is 762. The van der Waals surface area contributed by atoms with Crippen molar-refractivity contribution >= 4 is 23.5 Å². The number of carbonyl (C=O) groups excluding carboxylic acids is 2. The summed E-state index contributed by atoms with van der Waals surface area (Å²) in [5.74, 6) is 0.871. The van der Waals surface area contributed by atoms with E-state index in [1.165, 1.54) is 0 Å². The second kappa shape index (κ2) is 8.09. The van der Waals surface area contributed by atoms with Gasteiger partial charge in [-0.05, 0) is 43.3 Å². The van der Waals surface area contributed by atoms with Gasteiger partial charge >= 0.3 is 5.97 Å². The van der Waals surface area contributed by atoms with Crippen molar-refractivity contribution in [2.24, 2.45) is 11.3 Å². The number of thioether (sulfide) groups is 1. The van der Waals surface area contributed by atoms with Crippen LogP contribution < -0.4 is 0 Å². The minimum absolute atomic E-state index is 0.104. The van der Waals surface area contributed by atoms with E-state index in [9.17, 15) is 9.59 Å². The van der Waals surface area contributed by atoms with Crippen LogP contribution in [0.3, 0.4) is 0 Å². The Morgan fingerprint density at radius 2 is 1.73 bits per heavy atom. The Labute approximate surface area is 159 Å². The van der Waals surface area contributed by atoms with Crippen LogP contribution in [0.2, 0.25) is 0 Å². The van der Waals surface area contributed by atoms with E-state index in [0.29, 0.717) is 24.3 Å². The number of aryl methyl sites for hydroxylation is 1. The minimum Gasteiger partial charge on any atom is -0.460 e. The number of hydrogen-bond acceptors (Lipinski definition) is 4. The van der Waals surface area contributed by atoms with Gasteiger partial charge in [-0.25, -0.2) is 0 Å². The lowest BCUT2D eigenvalue weighted by atomic mass is 9.59. The van der Waals surface area contributed by atoms with Gasteiger partial charge in [0, 0.05) is 5.56 Å². The lowest BCUT2D eigenvalue weighted by molar-refractivity contribution is -0.161. The summed E-state index contributed by atoms with van der Waals surface area (Å²) in [7, 11) is 0. The second-order valence-corrected chi connectivity index (χ2v) is 7.98. The predicted molar refractivity (Wildman–Crippen MR) is 105 cm³/mol. The summed E-state index contributed by atoms with van der Waals surface area (Å²) in [6, 6.07) is 17.0. The van der Waals surface area contributed by atoms with Crippen LogP contribution in [0.15, 0.2) is 54.6 Å². The summed E-state index contributed by atoms with van der Waals surface area (Å²) in [5, 5.41) is 0. The third-order valence-corrected chi connectivity index (χ3v) is 5.83. The molecule has 1 aliphatic carbocycles. The molecule has 2 aromatic rings. The molecule has 3 nitrogen and oxygen atoms in total. The highest BCUT2D eigenvalue weighted by atomic mass is 32.2. The number of rotatable bonds is 7. The molecule has 0 N–H and O–H groups in total. The average Bonchev–Trinajstić information content (AvgIpc) is 2.63. The summed E-state index contributed by atoms with van der Waals surface area (Å²) in [6.07, 6.45) is 3.21. The van der Waals surface area contributed by atoms with Crippen LogP contribution in [0.25, 0.3) is 0 Å². The first-order chi connectivity index (χ1) is 12.5. The van der Waals surface area contributed by atoms with Crippen LogP contribution >= 0.6 is 11.8 Å². The number of ether oxygens (including phenoxy) is 1. The van der Waals surface area contributed by atoms with Gasteiger partial charge in [-0.2, -0.15) is 11.8 Å². The van der Waals surface area contributed by atoms with Crippen molar-refractivity contribution in [2.45, 2.75) is 26.4 Å². The zero-order valence-corrected chi connectivity index (χ0v) is 16.1. The normalized spacial score (nSPS) is 21.7. The van der Waals surface area contributed by atoms with Crippen LogP contribution in [-0.2, 0) is 16.1 Å². The van der Waals surface area contributed by atoms with Crippen molar-refractivity contribution < 1.29 is 14.3 Å². The van der Waals surface area contributed by atoms with E-state index in [1.807, 2.05) is 61.5 Å². The molecule has 0 aromatic heterocycles.